The second-order valence-electron chi connectivity index (χ2n) is 6.80. The number of thiazole rings is 1. The Hall–Kier alpha value is -2.75. The quantitative estimate of drug-likeness (QED) is 0.446. The standard InChI is InChI=1S/C21H21N3O4S2/c1-28-20(25)9-7-18-15-22-21(29-18)23-10-12-24(13-11-23)30(26,27)19-8-6-16-4-2-3-5-17(16)14-19/h2-9,14-15H,10-13H2,1H3. The summed E-state index contributed by atoms with van der Waals surface area (Å²) in [7, 11) is -2.22. The van der Waals surface area contributed by atoms with E-state index in [1.165, 1.54) is 28.8 Å². The molecule has 0 radical (unpaired) electrons. The van der Waals surface area contributed by atoms with E-state index in [1.807, 2.05) is 30.3 Å². The van der Waals surface area contributed by atoms with Crippen molar-refractivity contribution in [2.45, 2.75) is 4.90 Å². The zero-order valence-electron chi connectivity index (χ0n) is 16.4. The third kappa shape index (κ3) is 4.23. The lowest BCUT2D eigenvalue weighted by molar-refractivity contribution is -0.134. The van der Waals surface area contributed by atoms with Crippen LogP contribution in [0.4, 0.5) is 5.13 Å². The molecule has 0 atom stereocenters. The van der Waals surface area contributed by atoms with E-state index in [0.717, 1.165) is 20.8 Å². The van der Waals surface area contributed by atoms with Gasteiger partial charge in [0, 0.05) is 43.3 Å². The molecule has 3 aromatic rings. The summed E-state index contributed by atoms with van der Waals surface area (Å²) in [4.78, 5) is 18.8. The molecule has 0 spiro atoms. The molecule has 0 N–H and O–H groups in total. The molecule has 1 aromatic heterocycles. The number of carbonyl (C=O) groups is 1. The van der Waals surface area contributed by atoms with Gasteiger partial charge in [0.05, 0.1) is 12.0 Å². The van der Waals surface area contributed by atoms with Gasteiger partial charge in [0.25, 0.3) is 0 Å². The molecule has 0 unspecified atom stereocenters. The largest absolute Gasteiger partial charge is 0.466 e. The summed E-state index contributed by atoms with van der Waals surface area (Å²) in [6.07, 6.45) is 4.70. The first kappa shape index (κ1) is 20.5. The van der Waals surface area contributed by atoms with Crippen molar-refractivity contribution in [3.05, 3.63) is 59.6 Å². The molecular formula is C21H21N3O4S2. The molecule has 2 heterocycles. The Labute approximate surface area is 179 Å². The lowest BCUT2D eigenvalue weighted by atomic mass is 10.1. The highest BCUT2D eigenvalue weighted by atomic mass is 32.2. The minimum absolute atomic E-state index is 0.319. The number of benzene rings is 2. The van der Waals surface area contributed by atoms with Crippen LogP contribution in [-0.2, 0) is 19.6 Å². The maximum absolute atomic E-state index is 13.1. The van der Waals surface area contributed by atoms with Gasteiger partial charge in [-0.1, -0.05) is 41.7 Å². The number of ether oxygens (including phenoxy) is 1. The number of carbonyl (C=O) groups excluding carboxylic acids is 1. The number of methoxy groups -OCH3 is 1. The summed E-state index contributed by atoms with van der Waals surface area (Å²) in [5.74, 6) is -0.419. The third-order valence-corrected chi connectivity index (χ3v) is 7.88. The van der Waals surface area contributed by atoms with Crippen molar-refractivity contribution in [1.29, 1.82) is 0 Å². The predicted octanol–water partition coefficient (Wildman–Crippen LogP) is 2.99. The molecule has 4 rings (SSSR count). The van der Waals surface area contributed by atoms with Crippen molar-refractivity contribution in [1.82, 2.24) is 9.29 Å². The first-order valence-electron chi connectivity index (χ1n) is 9.43. The number of anilines is 1. The van der Waals surface area contributed by atoms with Crippen molar-refractivity contribution < 1.29 is 17.9 Å². The maximum atomic E-state index is 13.1. The highest BCUT2D eigenvalue weighted by Crippen LogP contribution is 2.27. The average molecular weight is 444 g/mol. The van der Waals surface area contributed by atoms with Gasteiger partial charge in [-0.25, -0.2) is 18.2 Å². The highest BCUT2D eigenvalue weighted by molar-refractivity contribution is 7.89. The molecule has 7 nitrogen and oxygen atoms in total. The number of aromatic nitrogens is 1. The predicted molar refractivity (Wildman–Crippen MR) is 118 cm³/mol. The van der Waals surface area contributed by atoms with Crippen molar-refractivity contribution in [3.8, 4) is 0 Å². The van der Waals surface area contributed by atoms with Gasteiger partial charge in [0.2, 0.25) is 10.0 Å². The molecule has 0 amide bonds. The van der Waals surface area contributed by atoms with Crippen LogP contribution in [0.2, 0.25) is 0 Å². The molecule has 0 aliphatic carbocycles. The highest BCUT2D eigenvalue weighted by Gasteiger charge is 2.29. The van der Waals surface area contributed by atoms with Crippen LogP contribution in [0.5, 0.6) is 0 Å². The SMILES string of the molecule is COC(=O)C=Cc1cnc(N2CCN(S(=O)(=O)c3ccc4ccccc4c3)CC2)s1. The summed E-state index contributed by atoms with van der Waals surface area (Å²) in [5, 5.41) is 2.73. The summed E-state index contributed by atoms with van der Waals surface area (Å²) >= 11 is 1.45. The number of rotatable bonds is 5. The van der Waals surface area contributed by atoms with Gasteiger partial charge in [0.1, 0.15) is 0 Å². The summed E-state index contributed by atoms with van der Waals surface area (Å²) in [6.45, 7) is 1.89. The smallest absolute Gasteiger partial charge is 0.330 e. The molecule has 1 aliphatic rings. The monoisotopic (exact) mass is 443 g/mol. The Morgan fingerprint density at radius 2 is 1.83 bits per heavy atom. The van der Waals surface area contributed by atoms with Gasteiger partial charge in [-0.2, -0.15) is 4.31 Å². The fourth-order valence-electron chi connectivity index (χ4n) is 3.32. The van der Waals surface area contributed by atoms with Crippen LogP contribution >= 0.6 is 11.3 Å². The van der Waals surface area contributed by atoms with E-state index >= 15 is 0 Å². The molecule has 2 aromatic carbocycles. The summed E-state index contributed by atoms with van der Waals surface area (Å²) in [6, 6.07) is 13.0. The van der Waals surface area contributed by atoms with Gasteiger partial charge in [-0.05, 0) is 29.0 Å². The molecule has 30 heavy (non-hydrogen) atoms. The van der Waals surface area contributed by atoms with Crippen LogP contribution in [0, 0.1) is 0 Å². The molecule has 1 fully saturated rings. The molecule has 156 valence electrons. The zero-order chi connectivity index (χ0) is 21.1. The minimum atomic E-state index is -3.55. The Morgan fingerprint density at radius 1 is 1.10 bits per heavy atom. The normalized spacial score (nSPS) is 15.7. The second-order valence-corrected chi connectivity index (χ2v) is 9.78. The Morgan fingerprint density at radius 3 is 2.57 bits per heavy atom. The number of fused-ring (bicyclic) bond motifs is 1. The van der Waals surface area contributed by atoms with Crippen molar-refractivity contribution in [3.63, 3.8) is 0 Å². The van der Waals surface area contributed by atoms with E-state index in [4.69, 9.17) is 0 Å². The van der Waals surface area contributed by atoms with E-state index in [-0.39, 0.29) is 0 Å². The maximum Gasteiger partial charge on any atom is 0.330 e. The van der Waals surface area contributed by atoms with Crippen LogP contribution in [0.1, 0.15) is 4.88 Å². The first-order chi connectivity index (χ1) is 14.5. The van der Waals surface area contributed by atoms with E-state index in [2.05, 4.69) is 14.6 Å². The van der Waals surface area contributed by atoms with Crippen LogP contribution in [0.3, 0.4) is 0 Å². The Bertz CT molecular complexity index is 1200. The molecule has 1 saturated heterocycles. The van der Waals surface area contributed by atoms with E-state index < -0.39 is 16.0 Å². The fourth-order valence-corrected chi connectivity index (χ4v) is 5.64. The second kappa shape index (κ2) is 8.55. The summed E-state index contributed by atoms with van der Waals surface area (Å²) in [5.41, 5.74) is 0. The Kier molecular flexibility index (Phi) is 5.85. The molecule has 1 aliphatic heterocycles. The van der Waals surface area contributed by atoms with E-state index in [1.54, 1.807) is 24.4 Å². The fraction of sp³-hybridized carbons (Fsp3) is 0.238. The number of sulfonamides is 1. The third-order valence-electron chi connectivity index (χ3n) is 4.96. The number of nitrogens with zero attached hydrogens (tertiary/aromatic N) is 3. The first-order valence-corrected chi connectivity index (χ1v) is 11.7. The zero-order valence-corrected chi connectivity index (χ0v) is 18.0. The lowest BCUT2D eigenvalue weighted by Gasteiger charge is -2.33. The van der Waals surface area contributed by atoms with Crippen LogP contribution < -0.4 is 4.90 Å². The van der Waals surface area contributed by atoms with Crippen molar-refractivity contribution >= 4 is 49.3 Å². The van der Waals surface area contributed by atoms with Crippen LogP contribution in [0.15, 0.2) is 59.6 Å². The van der Waals surface area contributed by atoms with Gasteiger partial charge in [-0.15, -0.1) is 0 Å². The molecule has 9 heteroatoms. The number of piperazine rings is 1. The molecule has 0 saturated carbocycles. The Balaban J connectivity index is 1.44. The summed E-state index contributed by atoms with van der Waals surface area (Å²) < 4.78 is 32.3. The lowest BCUT2D eigenvalue weighted by Crippen LogP contribution is -2.48. The topological polar surface area (TPSA) is 79.8 Å². The number of hydrogen-bond acceptors (Lipinski definition) is 7. The average Bonchev–Trinajstić information content (AvgIpc) is 3.26. The van der Waals surface area contributed by atoms with Gasteiger partial charge >= 0.3 is 5.97 Å². The van der Waals surface area contributed by atoms with Gasteiger partial charge < -0.3 is 9.64 Å². The minimum Gasteiger partial charge on any atom is -0.466 e. The van der Waals surface area contributed by atoms with Gasteiger partial charge in [-0.3, -0.25) is 0 Å². The van der Waals surface area contributed by atoms with Crippen molar-refractivity contribution in [2.24, 2.45) is 0 Å². The van der Waals surface area contributed by atoms with Crippen LogP contribution in [-0.4, -0.2) is 57.0 Å². The number of hydrogen-bond donors (Lipinski definition) is 0. The van der Waals surface area contributed by atoms with Gasteiger partial charge in [0.15, 0.2) is 5.13 Å². The number of esters is 1. The van der Waals surface area contributed by atoms with E-state index in [9.17, 15) is 13.2 Å². The van der Waals surface area contributed by atoms with E-state index in [0.29, 0.717) is 31.1 Å². The molecule has 0 bridgehead atoms. The van der Waals surface area contributed by atoms with Crippen LogP contribution in [0.25, 0.3) is 16.8 Å². The van der Waals surface area contributed by atoms with Crippen molar-refractivity contribution in [2.75, 3.05) is 38.2 Å². The molecular weight excluding hydrogens is 422 g/mol.